The van der Waals surface area contributed by atoms with Crippen molar-refractivity contribution in [3.05, 3.63) is 65.2 Å². The van der Waals surface area contributed by atoms with Crippen molar-refractivity contribution >= 4 is 12.0 Å². The molecule has 0 saturated carbocycles. The van der Waals surface area contributed by atoms with E-state index < -0.39 is 17.6 Å². The van der Waals surface area contributed by atoms with E-state index in [0.717, 1.165) is 24.2 Å². The van der Waals surface area contributed by atoms with E-state index in [-0.39, 0.29) is 46.1 Å². The Bertz CT molecular complexity index is 1140. The highest BCUT2D eigenvalue weighted by Gasteiger charge is 2.68. The van der Waals surface area contributed by atoms with Gasteiger partial charge in [-0.25, -0.2) is 0 Å². The van der Waals surface area contributed by atoms with E-state index >= 15 is 0 Å². The van der Waals surface area contributed by atoms with E-state index in [2.05, 4.69) is 79.7 Å². The average Bonchev–Trinajstić information content (AvgIpc) is 3.35. The van der Waals surface area contributed by atoms with Crippen molar-refractivity contribution in [2.45, 2.75) is 130 Å². The molecule has 1 aliphatic heterocycles. The Kier molecular flexibility index (Phi) is 9.70. The Balaban J connectivity index is 1.84. The van der Waals surface area contributed by atoms with E-state index in [1.165, 1.54) is 5.56 Å². The highest BCUT2D eigenvalue weighted by Crippen LogP contribution is 2.63. The van der Waals surface area contributed by atoms with Crippen molar-refractivity contribution in [3.8, 4) is 5.75 Å². The molecule has 0 aliphatic carbocycles. The van der Waals surface area contributed by atoms with Crippen LogP contribution in [0.3, 0.4) is 0 Å². The molecule has 230 valence electrons. The lowest BCUT2D eigenvalue weighted by Crippen LogP contribution is -2.33. The van der Waals surface area contributed by atoms with E-state index in [4.69, 9.17) is 13.7 Å². The fourth-order valence-corrected chi connectivity index (χ4v) is 6.14. The lowest BCUT2D eigenvalue weighted by atomic mass is 9.66. The molecule has 3 rings (SSSR count). The summed E-state index contributed by atoms with van der Waals surface area (Å²) in [5.74, 6) is 1.25. The second kappa shape index (κ2) is 11.8. The quantitative estimate of drug-likeness (QED) is 0.202. The number of hydrogen-bond acceptors (Lipinski definition) is 4. The highest BCUT2D eigenvalue weighted by atomic mass is 32.2. The van der Waals surface area contributed by atoms with Crippen LogP contribution in [0.4, 0.5) is 13.2 Å². The zero-order valence-electron chi connectivity index (χ0n) is 26.7. The summed E-state index contributed by atoms with van der Waals surface area (Å²) in [6.45, 7) is 24.0. The number of benzene rings is 2. The standard InChI is InChI=1S/C34H49F3O3S/c1-29(2,3)20-28(25-14-12-23(13-15-25)22-38-41-34(35,36)37)33(11)32(10,40-33)21-27(30(4,5)6)24-16-18-26(19-17-24)39-31(7,8)9/h12-19,27-28H,20-22H2,1-11H3. The minimum Gasteiger partial charge on any atom is -0.488 e. The van der Waals surface area contributed by atoms with Crippen LogP contribution in [0.5, 0.6) is 5.75 Å². The maximum Gasteiger partial charge on any atom is 0.467 e. The fraction of sp³-hybridized carbons (Fsp3) is 0.647. The Morgan fingerprint density at radius 2 is 1.34 bits per heavy atom. The third-order valence-electron chi connectivity index (χ3n) is 8.03. The van der Waals surface area contributed by atoms with Crippen LogP contribution in [-0.2, 0) is 15.5 Å². The van der Waals surface area contributed by atoms with Crippen molar-refractivity contribution < 1.29 is 26.8 Å². The number of ether oxygens (including phenoxy) is 2. The number of alkyl halides is 3. The smallest absolute Gasteiger partial charge is 0.467 e. The van der Waals surface area contributed by atoms with Crippen molar-refractivity contribution in [1.82, 2.24) is 0 Å². The lowest BCUT2D eigenvalue weighted by molar-refractivity contribution is -0.0400. The van der Waals surface area contributed by atoms with Gasteiger partial charge in [0, 0.05) is 5.92 Å². The van der Waals surface area contributed by atoms with Gasteiger partial charge in [-0.1, -0.05) is 77.9 Å². The summed E-state index contributed by atoms with van der Waals surface area (Å²) in [5, 5.41) is 0. The van der Waals surface area contributed by atoms with Gasteiger partial charge < -0.3 is 13.7 Å². The Morgan fingerprint density at radius 3 is 1.80 bits per heavy atom. The van der Waals surface area contributed by atoms with Crippen LogP contribution in [0.15, 0.2) is 48.5 Å². The van der Waals surface area contributed by atoms with Gasteiger partial charge in [0.05, 0.1) is 12.2 Å². The highest BCUT2D eigenvalue weighted by molar-refractivity contribution is 7.95. The maximum absolute atomic E-state index is 12.5. The first-order chi connectivity index (χ1) is 18.5. The van der Waals surface area contributed by atoms with Crippen molar-refractivity contribution in [3.63, 3.8) is 0 Å². The predicted molar refractivity (Wildman–Crippen MR) is 163 cm³/mol. The SMILES string of the molecule is CC(C)(C)CC(c1ccc(COSC(F)(F)F)cc1)C1(C)OC1(C)CC(c1ccc(OC(C)(C)C)cc1)C(C)(C)C. The van der Waals surface area contributed by atoms with Crippen molar-refractivity contribution in [2.75, 3.05) is 0 Å². The number of hydrogen-bond donors (Lipinski definition) is 0. The first kappa shape index (κ1) is 33.8. The molecule has 1 aliphatic rings. The summed E-state index contributed by atoms with van der Waals surface area (Å²) in [6, 6.07) is 16.3. The molecule has 41 heavy (non-hydrogen) atoms. The van der Waals surface area contributed by atoms with Crippen LogP contribution in [-0.4, -0.2) is 22.3 Å². The Morgan fingerprint density at radius 1 is 0.805 bits per heavy atom. The fourth-order valence-electron chi connectivity index (χ4n) is 5.82. The Labute approximate surface area is 250 Å². The largest absolute Gasteiger partial charge is 0.488 e. The van der Waals surface area contributed by atoms with Gasteiger partial charge in [-0.3, -0.25) is 0 Å². The molecule has 1 fully saturated rings. The van der Waals surface area contributed by atoms with E-state index in [9.17, 15) is 13.2 Å². The van der Waals surface area contributed by atoms with Crippen LogP contribution < -0.4 is 4.74 Å². The molecule has 2 aromatic carbocycles. The molecule has 0 N–H and O–H groups in total. The summed E-state index contributed by atoms with van der Waals surface area (Å²) >= 11 is -0.458. The predicted octanol–water partition coefficient (Wildman–Crippen LogP) is 10.8. The van der Waals surface area contributed by atoms with Gasteiger partial charge >= 0.3 is 5.51 Å². The minimum atomic E-state index is -4.41. The second-order valence-electron chi connectivity index (χ2n) is 15.2. The van der Waals surface area contributed by atoms with Gasteiger partial charge in [-0.05, 0) is 93.0 Å². The Hall–Kier alpha value is -1.70. The molecule has 0 aromatic heterocycles. The first-order valence-electron chi connectivity index (χ1n) is 14.5. The summed E-state index contributed by atoms with van der Waals surface area (Å²) in [6.07, 6.45) is 1.78. The van der Waals surface area contributed by atoms with Gasteiger partial charge in [0.25, 0.3) is 0 Å². The van der Waals surface area contributed by atoms with Gasteiger partial charge in [-0.15, -0.1) is 0 Å². The van der Waals surface area contributed by atoms with Gasteiger partial charge in [0.15, 0.2) is 0 Å². The zero-order valence-corrected chi connectivity index (χ0v) is 27.5. The third kappa shape index (κ3) is 9.39. The molecular formula is C34H49F3O3S. The van der Waals surface area contributed by atoms with E-state index in [0.29, 0.717) is 5.56 Å². The molecule has 1 heterocycles. The van der Waals surface area contributed by atoms with E-state index in [1.54, 1.807) is 0 Å². The molecule has 0 bridgehead atoms. The summed E-state index contributed by atoms with van der Waals surface area (Å²) in [4.78, 5) is 0. The average molecular weight is 595 g/mol. The van der Waals surface area contributed by atoms with Crippen molar-refractivity contribution in [1.29, 1.82) is 0 Å². The van der Waals surface area contributed by atoms with Gasteiger partial charge in [-0.2, -0.15) is 13.2 Å². The van der Waals surface area contributed by atoms with Gasteiger partial charge in [0.2, 0.25) is 0 Å². The topological polar surface area (TPSA) is 31.0 Å². The lowest BCUT2D eigenvalue weighted by Gasteiger charge is -2.35. The second-order valence-corrected chi connectivity index (χ2v) is 16.1. The number of rotatable bonds is 10. The molecule has 7 heteroatoms. The van der Waals surface area contributed by atoms with Crippen LogP contribution in [0.2, 0.25) is 0 Å². The zero-order chi connectivity index (χ0) is 31.1. The molecule has 4 atom stereocenters. The minimum absolute atomic E-state index is 0.0118. The summed E-state index contributed by atoms with van der Waals surface area (Å²) in [5.41, 5.74) is -2.21. The normalized spacial score (nSPS) is 23.3. The van der Waals surface area contributed by atoms with E-state index in [1.807, 2.05) is 45.0 Å². The molecule has 0 radical (unpaired) electrons. The third-order valence-corrected chi connectivity index (χ3v) is 8.46. The summed E-state index contributed by atoms with van der Waals surface area (Å²) < 4.78 is 55.0. The summed E-state index contributed by atoms with van der Waals surface area (Å²) in [7, 11) is 0. The molecule has 2 aromatic rings. The van der Waals surface area contributed by atoms with Crippen LogP contribution in [0, 0.1) is 10.8 Å². The molecule has 0 spiro atoms. The number of halogens is 3. The van der Waals surface area contributed by atoms with Crippen molar-refractivity contribution in [2.24, 2.45) is 10.8 Å². The monoisotopic (exact) mass is 594 g/mol. The first-order valence-corrected chi connectivity index (χ1v) is 15.2. The molecule has 0 amide bonds. The molecule has 3 nitrogen and oxygen atoms in total. The molecular weight excluding hydrogens is 545 g/mol. The van der Waals surface area contributed by atoms with Gasteiger partial charge in [0.1, 0.15) is 29.0 Å². The van der Waals surface area contributed by atoms with Crippen LogP contribution in [0.25, 0.3) is 0 Å². The molecule has 4 unspecified atom stereocenters. The van der Waals surface area contributed by atoms with Crippen LogP contribution >= 0.6 is 12.0 Å². The number of epoxide rings is 1. The molecule has 1 saturated heterocycles. The van der Waals surface area contributed by atoms with Crippen LogP contribution in [0.1, 0.15) is 118 Å². The maximum atomic E-state index is 12.5.